The smallest absolute Gasteiger partial charge is 0.227 e. The van der Waals surface area contributed by atoms with Gasteiger partial charge in [0.05, 0.1) is 11.4 Å². The molecule has 4 rings (SSSR count). The number of aromatic nitrogens is 3. The lowest BCUT2D eigenvalue weighted by Gasteiger charge is -2.30. The highest BCUT2D eigenvalue weighted by atomic mass is 32.2. The zero-order valence-electron chi connectivity index (χ0n) is 19.1. The monoisotopic (exact) mass is 477 g/mol. The van der Waals surface area contributed by atoms with E-state index in [0.29, 0.717) is 43.7 Å². The third-order valence-electron chi connectivity index (χ3n) is 6.57. The Balaban J connectivity index is 1.43. The molecular weight excluding hydrogens is 445 g/mol. The van der Waals surface area contributed by atoms with E-state index >= 15 is 0 Å². The van der Waals surface area contributed by atoms with Crippen LogP contribution in [0.5, 0.6) is 0 Å². The van der Waals surface area contributed by atoms with E-state index in [4.69, 9.17) is 0 Å². The van der Waals surface area contributed by atoms with Crippen LogP contribution >= 0.6 is 0 Å². The standard InChI is InChI=1S/C23H32FN5O3S/c1-2-3-15-33(31,32)28-13-10-17(11-14-28)23(30)25-20-16-18(8-9-19(20)24)22-27-26-21-7-5-4-6-12-29(21)22/h8-9,16-17H,2-7,10-15H2,1H3,(H,25,30). The first-order chi connectivity index (χ1) is 15.9. The minimum Gasteiger partial charge on any atom is -0.323 e. The summed E-state index contributed by atoms with van der Waals surface area (Å²) in [4.78, 5) is 12.8. The van der Waals surface area contributed by atoms with E-state index in [1.54, 1.807) is 12.1 Å². The number of hydrogen-bond donors (Lipinski definition) is 1. The number of fused-ring (bicyclic) bond motifs is 1. The Morgan fingerprint density at radius 1 is 1.15 bits per heavy atom. The van der Waals surface area contributed by atoms with Crippen molar-refractivity contribution in [2.24, 2.45) is 5.92 Å². The molecule has 0 aliphatic carbocycles. The molecule has 10 heteroatoms. The predicted molar refractivity (Wildman–Crippen MR) is 125 cm³/mol. The highest BCUT2D eigenvalue weighted by Gasteiger charge is 2.31. The molecule has 0 saturated carbocycles. The van der Waals surface area contributed by atoms with Gasteiger partial charge in [0.15, 0.2) is 5.82 Å². The van der Waals surface area contributed by atoms with Crippen molar-refractivity contribution in [3.8, 4) is 11.4 Å². The molecule has 0 spiro atoms. The number of benzene rings is 1. The van der Waals surface area contributed by atoms with Crippen LogP contribution in [0.1, 0.15) is 57.7 Å². The number of unbranched alkanes of at least 4 members (excludes halogenated alkanes) is 1. The Labute approximate surface area is 194 Å². The number of piperidine rings is 1. The predicted octanol–water partition coefficient (Wildman–Crippen LogP) is 3.59. The van der Waals surface area contributed by atoms with Crippen LogP contribution in [0.4, 0.5) is 10.1 Å². The number of nitrogens with zero attached hydrogens (tertiary/aromatic N) is 4. The Kier molecular flexibility index (Phi) is 7.43. The van der Waals surface area contributed by atoms with E-state index in [1.165, 1.54) is 10.4 Å². The molecule has 3 heterocycles. The number of sulfonamides is 1. The first-order valence-electron chi connectivity index (χ1n) is 11.9. The number of rotatable bonds is 7. The largest absolute Gasteiger partial charge is 0.323 e. The maximum absolute atomic E-state index is 14.5. The summed E-state index contributed by atoms with van der Waals surface area (Å²) in [7, 11) is -3.27. The van der Waals surface area contributed by atoms with E-state index in [1.807, 2.05) is 6.92 Å². The van der Waals surface area contributed by atoms with Crippen LogP contribution in [0.2, 0.25) is 0 Å². The topological polar surface area (TPSA) is 97.2 Å². The fourth-order valence-corrected chi connectivity index (χ4v) is 6.22. The lowest BCUT2D eigenvalue weighted by molar-refractivity contribution is -0.120. The van der Waals surface area contributed by atoms with Crippen LogP contribution in [0.3, 0.4) is 0 Å². The number of halogens is 1. The molecule has 0 bridgehead atoms. The van der Waals surface area contributed by atoms with Gasteiger partial charge in [-0.3, -0.25) is 4.79 Å². The summed E-state index contributed by atoms with van der Waals surface area (Å²) in [6.45, 7) is 3.42. The van der Waals surface area contributed by atoms with Gasteiger partial charge in [-0.15, -0.1) is 10.2 Å². The second kappa shape index (κ2) is 10.3. The number of carbonyl (C=O) groups excluding carboxylic acids is 1. The van der Waals surface area contributed by atoms with E-state index in [9.17, 15) is 17.6 Å². The summed E-state index contributed by atoms with van der Waals surface area (Å²) in [5.41, 5.74) is 0.825. The maximum atomic E-state index is 14.5. The Morgan fingerprint density at radius 2 is 1.94 bits per heavy atom. The molecule has 0 atom stereocenters. The zero-order valence-corrected chi connectivity index (χ0v) is 19.9. The summed E-state index contributed by atoms with van der Waals surface area (Å²) >= 11 is 0. The van der Waals surface area contributed by atoms with Gasteiger partial charge in [0.1, 0.15) is 11.6 Å². The van der Waals surface area contributed by atoms with E-state index in [0.717, 1.165) is 44.5 Å². The molecule has 2 aromatic rings. The maximum Gasteiger partial charge on any atom is 0.227 e. The van der Waals surface area contributed by atoms with Crippen molar-refractivity contribution < 1.29 is 17.6 Å². The molecule has 2 aliphatic rings. The number of nitrogens with one attached hydrogen (secondary N) is 1. The lowest BCUT2D eigenvalue weighted by Crippen LogP contribution is -2.42. The van der Waals surface area contributed by atoms with Gasteiger partial charge in [-0.25, -0.2) is 17.1 Å². The van der Waals surface area contributed by atoms with Crippen molar-refractivity contribution in [1.29, 1.82) is 0 Å². The number of hydrogen-bond acceptors (Lipinski definition) is 5. The Hall–Kier alpha value is -2.33. The van der Waals surface area contributed by atoms with Gasteiger partial charge in [-0.1, -0.05) is 19.8 Å². The molecule has 1 aromatic heterocycles. The van der Waals surface area contributed by atoms with Crippen LogP contribution in [0, 0.1) is 11.7 Å². The second-order valence-electron chi connectivity index (χ2n) is 8.93. The van der Waals surface area contributed by atoms with Gasteiger partial charge in [0.25, 0.3) is 0 Å². The summed E-state index contributed by atoms with van der Waals surface area (Å²) in [5, 5.41) is 11.3. The molecule has 180 valence electrons. The van der Waals surface area contributed by atoms with Crippen LogP contribution < -0.4 is 5.32 Å². The van der Waals surface area contributed by atoms with Crippen molar-refractivity contribution in [2.45, 2.75) is 64.8 Å². The van der Waals surface area contributed by atoms with Crippen molar-refractivity contribution in [2.75, 3.05) is 24.2 Å². The minimum absolute atomic E-state index is 0.112. The summed E-state index contributed by atoms with van der Waals surface area (Å²) in [5.74, 6) is 0.630. The molecule has 1 fully saturated rings. The average molecular weight is 478 g/mol. The molecule has 1 N–H and O–H groups in total. The van der Waals surface area contributed by atoms with Gasteiger partial charge in [0, 0.05) is 37.5 Å². The number of anilines is 1. The van der Waals surface area contributed by atoms with Gasteiger partial charge in [-0.05, 0) is 50.3 Å². The molecule has 0 unspecified atom stereocenters. The van der Waals surface area contributed by atoms with Crippen molar-refractivity contribution in [3.05, 3.63) is 29.8 Å². The zero-order chi connectivity index (χ0) is 23.4. The molecule has 33 heavy (non-hydrogen) atoms. The lowest BCUT2D eigenvalue weighted by atomic mass is 9.97. The van der Waals surface area contributed by atoms with Crippen LogP contribution in [0.25, 0.3) is 11.4 Å². The molecule has 8 nitrogen and oxygen atoms in total. The highest BCUT2D eigenvalue weighted by Crippen LogP contribution is 2.28. The number of carbonyl (C=O) groups is 1. The fraction of sp³-hybridized carbons (Fsp3) is 0.609. The molecule has 1 aromatic carbocycles. The molecule has 2 aliphatic heterocycles. The number of amides is 1. The summed E-state index contributed by atoms with van der Waals surface area (Å²) < 4.78 is 42.9. The number of aryl methyl sites for hydroxylation is 1. The highest BCUT2D eigenvalue weighted by molar-refractivity contribution is 7.89. The van der Waals surface area contributed by atoms with Crippen LogP contribution in [0.15, 0.2) is 18.2 Å². The summed E-state index contributed by atoms with van der Waals surface area (Å²) in [6, 6.07) is 4.61. The Morgan fingerprint density at radius 3 is 2.70 bits per heavy atom. The third-order valence-corrected chi connectivity index (χ3v) is 8.52. The van der Waals surface area contributed by atoms with E-state index in [2.05, 4.69) is 20.1 Å². The molecule has 1 saturated heterocycles. The molecule has 0 radical (unpaired) electrons. The Bertz CT molecular complexity index is 1090. The van der Waals surface area contributed by atoms with Gasteiger partial charge in [-0.2, -0.15) is 0 Å². The molecular formula is C23H32FN5O3S. The second-order valence-corrected chi connectivity index (χ2v) is 11.0. The van der Waals surface area contributed by atoms with Gasteiger partial charge < -0.3 is 9.88 Å². The van der Waals surface area contributed by atoms with Gasteiger partial charge >= 0.3 is 0 Å². The van der Waals surface area contributed by atoms with Crippen molar-refractivity contribution in [3.63, 3.8) is 0 Å². The third kappa shape index (κ3) is 5.43. The SMILES string of the molecule is CCCCS(=O)(=O)N1CCC(C(=O)Nc2cc(-c3nnc4n3CCCCC4)ccc2F)CC1. The van der Waals surface area contributed by atoms with E-state index in [-0.39, 0.29) is 23.3 Å². The van der Waals surface area contributed by atoms with Crippen molar-refractivity contribution >= 4 is 21.6 Å². The van der Waals surface area contributed by atoms with Crippen LogP contribution in [-0.4, -0.2) is 52.2 Å². The quantitative estimate of drug-likeness (QED) is 0.657. The first kappa shape index (κ1) is 23.8. The molecule has 1 amide bonds. The fourth-order valence-electron chi connectivity index (χ4n) is 4.55. The van der Waals surface area contributed by atoms with Gasteiger partial charge in [0.2, 0.25) is 15.9 Å². The van der Waals surface area contributed by atoms with E-state index < -0.39 is 15.8 Å². The normalized spacial score (nSPS) is 18.0. The van der Waals surface area contributed by atoms with Crippen LogP contribution in [-0.2, 0) is 27.8 Å². The first-order valence-corrected chi connectivity index (χ1v) is 13.5. The average Bonchev–Trinajstić information content (AvgIpc) is 3.07. The minimum atomic E-state index is -3.27. The summed E-state index contributed by atoms with van der Waals surface area (Å²) in [6.07, 6.45) is 6.47. The van der Waals surface area contributed by atoms with Crippen molar-refractivity contribution in [1.82, 2.24) is 19.1 Å².